The van der Waals surface area contributed by atoms with Gasteiger partial charge in [-0.2, -0.15) is 8.78 Å². The molecule has 1 heterocycles. The number of thiazole rings is 1. The molecule has 0 radical (unpaired) electrons. The van der Waals surface area contributed by atoms with Crippen molar-refractivity contribution in [1.82, 2.24) is 15.6 Å². The molecule has 27 heavy (non-hydrogen) atoms. The minimum Gasteiger partial charge on any atom is -0.434 e. The number of nitrogens with one attached hydrogen (secondary N) is 2. The fourth-order valence-electron chi connectivity index (χ4n) is 2.24. The summed E-state index contributed by atoms with van der Waals surface area (Å²) >= 11 is 1.64. The standard InChI is InChI=1S/C17H21F3N4OS.HI/c1-10-11(2)26-15(24-10)7-8-22-17(21-3)23-9-12-13(18)5-4-6-14(12)25-16(19)20;/h4-6,16H,7-9H2,1-3H3,(H2,21,22,23);1H. The summed E-state index contributed by atoms with van der Waals surface area (Å²) in [5.41, 5.74) is 1.04. The van der Waals surface area contributed by atoms with E-state index >= 15 is 0 Å². The second-order valence-electron chi connectivity index (χ2n) is 5.45. The molecule has 150 valence electrons. The van der Waals surface area contributed by atoms with E-state index in [9.17, 15) is 13.2 Å². The first-order chi connectivity index (χ1) is 12.4. The number of aryl methyl sites for hydroxylation is 2. The molecule has 0 saturated carbocycles. The lowest BCUT2D eigenvalue weighted by Crippen LogP contribution is -2.38. The number of ether oxygens (including phenoxy) is 1. The maximum Gasteiger partial charge on any atom is 0.387 e. The topological polar surface area (TPSA) is 58.5 Å². The summed E-state index contributed by atoms with van der Waals surface area (Å²) in [4.78, 5) is 9.69. The normalized spacial score (nSPS) is 11.3. The molecular weight excluding hydrogens is 492 g/mol. The molecule has 2 rings (SSSR count). The largest absolute Gasteiger partial charge is 0.434 e. The van der Waals surface area contributed by atoms with Gasteiger partial charge in [-0.1, -0.05) is 6.07 Å². The Bertz CT molecular complexity index is 751. The van der Waals surface area contributed by atoms with E-state index in [0.29, 0.717) is 12.5 Å². The van der Waals surface area contributed by atoms with E-state index < -0.39 is 12.4 Å². The van der Waals surface area contributed by atoms with E-state index in [1.54, 1.807) is 18.4 Å². The highest BCUT2D eigenvalue weighted by molar-refractivity contribution is 14.0. The highest BCUT2D eigenvalue weighted by atomic mass is 127. The molecule has 0 amide bonds. The molecule has 2 aromatic rings. The number of rotatable bonds is 7. The minimum atomic E-state index is -3.02. The van der Waals surface area contributed by atoms with Gasteiger partial charge in [-0.3, -0.25) is 4.99 Å². The van der Waals surface area contributed by atoms with Gasteiger partial charge in [0.15, 0.2) is 5.96 Å². The summed E-state index contributed by atoms with van der Waals surface area (Å²) in [7, 11) is 1.57. The van der Waals surface area contributed by atoms with Crippen LogP contribution in [0.1, 0.15) is 21.1 Å². The van der Waals surface area contributed by atoms with Crippen LogP contribution in [0, 0.1) is 19.7 Å². The smallest absolute Gasteiger partial charge is 0.387 e. The molecule has 0 spiro atoms. The second kappa shape index (κ2) is 11.3. The molecule has 0 aliphatic carbocycles. The van der Waals surface area contributed by atoms with Crippen LogP contribution in [0.3, 0.4) is 0 Å². The highest BCUT2D eigenvalue weighted by Crippen LogP contribution is 2.23. The summed E-state index contributed by atoms with van der Waals surface area (Å²) in [6.45, 7) is 1.53. The van der Waals surface area contributed by atoms with Crippen molar-refractivity contribution in [3.05, 3.63) is 45.2 Å². The van der Waals surface area contributed by atoms with E-state index in [-0.39, 0.29) is 41.8 Å². The number of nitrogens with zero attached hydrogens (tertiary/aromatic N) is 2. The number of halogens is 4. The van der Waals surface area contributed by atoms with Crippen molar-refractivity contribution in [2.45, 2.75) is 33.4 Å². The Morgan fingerprint density at radius 2 is 2.04 bits per heavy atom. The maximum absolute atomic E-state index is 13.9. The SMILES string of the molecule is CN=C(NCCc1nc(C)c(C)s1)NCc1c(F)cccc1OC(F)F.I. The average molecular weight is 514 g/mol. The summed E-state index contributed by atoms with van der Waals surface area (Å²) in [6, 6.07) is 3.82. The van der Waals surface area contributed by atoms with Gasteiger partial charge in [-0.05, 0) is 26.0 Å². The molecule has 2 N–H and O–H groups in total. The molecular formula is C17H22F3IN4OS. The van der Waals surface area contributed by atoms with E-state index in [0.717, 1.165) is 17.1 Å². The number of aromatic nitrogens is 1. The van der Waals surface area contributed by atoms with Crippen molar-refractivity contribution in [3.8, 4) is 5.75 Å². The Morgan fingerprint density at radius 1 is 1.30 bits per heavy atom. The zero-order valence-corrected chi connectivity index (χ0v) is 18.3. The van der Waals surface area contributed by atoms with Crippen LogP contribution in [-0.2, 0) is 13.0 Å². The Kier molecular flexibility index (Phi) is 9.84. The Morgan fingerprint density at radius 3 is 2.63 bits per heavy atom. The maximum atomic E-state index is 13.9. The molecule has 0 aliphatic rings. The van der Waals surface area contributed by atoms with Crippen LogP contribution in [0.4, 0.5) is 13.2 Å². The Balaban J connectivity index is 0.00000364. The first-order valence-corrected chi connectivity index (χ1v) is 8.82. The molecule has 1 aromatic heterocycles. The third kappa shape index (κ3) is 7.17. The zero-order chi connectivity index (χ0) is 19.1. The molecule has 0 bridgehead atoms. The second-order valence-corrected chi connectivity index (χ2v) is 6.73. The van der Waals surface area contributed by atoms with E-state index in [1.807, 2.05) is 13.8 Å². The van der Waals surface area contributed by atoms with Gasteiger partial charge in [0.05, 0.1) is 10.7 Å². The number of aliphatic imine (C=N–C) groups is 1. The highest BCUT2D eigenvalue weighted by Gasteiger charge is 2.14. The summed E-state index contributed by atoms with van der Waals surface area (Å²) in [5, 5.41) is 7.01. The Labute approximate surface area is 177 Å². The van der Waals surface area contributed by atoms with Gasteiger partial charge in [0, 0.05) is 37.0 Å². The zero-order valence-electron chi connectivity index (χ0n) is 15.2. The molecule has 1 aromatic carbocycles. The molecule has 0 saturated heterocycles. The predicted octanol–water partition coefficient (Wildman–Crippen LogP) is 4.03. The molecule has 10 heteroatoms. The van der Waals surface area contributed by atoms with Crippen molar-refractivity contribution in [2.75, 3.05) is 13.6 Å². The molecule has 0 fully saturated rings. The van der Waals surface area contributed by atoms with Gasteiger partial charge in [0.1, 0.15) is 11.6 Å². The molecule has 0 atom stereocenters. The van der Waals surface area contributed by atoms with Crippen LogP contribution in [0.5, 0.6) is 5.75 Å². The molecule has 0 unspecified atom stereocenters. The van der Waals surface area contributed by atoms with Crippen LogP contribution in [0.2, 0.25) is 0 Å². The number of benzene rings is 1. The third-order valence-electron chi connectivity index (χ3n) is 3.65. The fraction of sp³-hybridized carbons (Fsp3) is 0.412. The monoisotopic (exact) mass is 514 g/mol. The van der Waals surface area contributed by atoms with Gasteiger partial charge >= 0.3 is 6.61 Å². The number of hydrogen-bond donors (Lipinski definition) is 2. The van der Waals surface area contributed by atoms with Gasteiger partial charge < -0.3 is 15.4 Å². The van der Waals surface area contributed by atoms with Crippen LogP contribution in [-0.4, -0.2) is 31.1 Å². The summed E-state index contributed by atoms with van der Waals surface area (Å²) < 4.78 is 43.2. The van der Waals surface area contributed by atoms with Gasteiger partial charge in [-0.25, -0.2) is 9.37 Å². The van der Waals surface area contributed by atoms with Crippen LogP contribution < -0.4 is 15.4 Å². The van der Waals surface area contributed by atoms with Gasteiger partial charge in [0.2, 0.25) is 0 Å². The van der Waals surface area contributed by atoms with Crippen molar-refractivity contribution < 1.29 is 17.9 Å². The van der Waals surface area contributed by atoms with Gasteiger partial charge in [-0.15, -0.1) is 35.3 Å². The lowest BCUT2D eigenvalue weighted by molar-refractivity contribution is -0.0506. The number of alkyl halides is 2. The first kappa shape index (κ1) is 23.5. The quantitative estimate of drug-likeness (QED) is 0.333. The minimum absolute atomic E-state index is 0. The third-order valence-corrected chi connectivity index (χ3v) is 4.78. The van der Waals surface area contributed by atoms with Crippen molar-refractivity contribution in [1.29, 1.82) is 0 Å². The van der Waals surface area contributed by atoms with Crippen LogP contribution >= 0.6 is 35.3 Å². The van der Waals surface area contributed by atoms with Crippen LogP contribution in [0.15, 0.2) is 23.2 Å². The van der Waals surface area contributed by atoms with E-state index in [4.69, 9.17) is 0 Å². The number of guanidine groups is 1. The van der Waals surface area contributed by atoms with Crippen molar-refractivity contribution in [3.63, 3.8) is 0 Å². The average Bonchev–Trinajstić information content (AvgIpc) is 2.90. The van der Waals surface area contributed by atoms with Crippen LogP contribution in [0.25, 0.3) is 0 Å². The summed E-state index contributed by atoms with van der Waals surface area (Å²) in [6.07, 6.45) is 0.722. The first-order valence-electron chi connectivity index (χ1n) is 8.00. The lowest BCUT2D eigenvalue weighted by atomic mass is 10.2. The predicted molar refractivity (Wildman–Crippen MR) is 112 cm³/mol. The van der Waals surface area contributed by atoms with Crippen molar-refractivity contribution in [2.24, 2.45) is 4.99 Å². The number of hydrogen-bond acceptors (Lipinski definition) is 4. The van der Waals surface area contributed by atoms with E-state index in [1.165, 1.54) is 23.1 Å². The fourth-order valence-corrected chi connectivity index (χ4v) is 3.18. The molecule has 5 nitrogen and oxygen atoms in total. The van der Waals surface area contributed by atoms with Gasteiger partial charge in [0.25, 0.3) is 0 Å². The van der Waals surface area contributed by atoms with E-state index in [2.05, 4.69) is 25.3 Å². The van der Waals surface area contributed by atoms with Crippen molar-refractivity contribution >= 4 is 41.3 Å². The molecule has 0 aliphatic heterocycles. The summed E-state index contributed by atoms with van der Waals surface area (Å²) in [5.74, 6) is -0.391. The lowest BCUT2D eigenvalue weighted by Gasteiger charge is -2.15. The Hall–Kier alpha value is -1.56.